The Labute approximate surface area is 236 Å². The lowest BCUT2D eigenvalue weighted by atomic mass is 10.1. The van der Waals surface area contributed by atoms with E-state index < -0.39 is 26.3 Å². The highest BCUT2D eigenvalue weighted by molar-refractivity contribution is 9.10. The Morgan fingerprint density at radius 1 is 1.24 bits per heavy atom. The third-order valence-corrected chi connectivity index (χ3v) is 12.4. The van der Waals surface area contributed by atoms with E-state index in [2.05, 4.69) is 55.1 Å². The highest BCUT2D eigenvalue weighted by atomic mass is 79.9. The summed E-state index contributed by atoms with van der Waals surface area (Å²) in [6.45, 7) is 15.9. The van der Waals surface area contributed by atoms with Crippen molar-refractivity contribution >= 4 is 36.1 Å². The van der Waals surface area contributed by atoms with Gasteiger partial charge in [0.1, 0.15) is 30.6 Å². The minimum atomic E-state index is -2.01. The maximum Gasteiger partial charge on any atom is 0.249 e. The van der Waals surface area contributed by atoms with E-state index in [1.807, 2.05) is 38.1 Å². The first kappa shape index (κ1) is 31.0. The predicted molar refractivity (Wildman–Crippen MR) is 150 cm³/mol. The number of hydrogen-bond donors (Lipinski definition) is 1. The maximum absolute atomic E-state index is 13.5. The Bertz CT molecular complexity index is 984. The molecule has 2 saturated heterocycles. The van der Waals surface area contributed by atoms with Gasteiger partial charge in [0, 0.05) is 30.7 Å². The number of nitrogens with one attached hydrogen (secondary N) is 1. The van der Waals surface area contributed by atoms with Gasteiger partial charge in [-0.2, -0.15) is 0 Å². The number of halogens is 1. The van der Waals surface area contributed by atoms with Crippen LogP contribution in [0.3, 0.4) is 0 Å². The number of methoxy groups -OCH3 is 1. The number of amides is 2. The second kappa shape index (κ2) is 12.3. The van der Waals surface area contributed by atoms with Crippen molar-refractivity contribution in [2.45, 2.75) is 76.8 Å². The van der Waals surface area contributed by atoms with Crippen LogP contribution in [-0.2, 0) is 28.2 Å². The van der Waals surface area contributed by atoms with E-state index in [4.69, 9.17) is 23.4 Å². The highest BCUT2D eigenvalue weighted by Gasteiger charge is 2.56. The molecule has 2 amide bonds. The summed E-state index contributed by atoms with van der Waals surface area (Å²) in [5.74, 6) is -0.756. The quantitative estimate of drug-likeness (QED) is 0.377. The lowest BCUT2D eigenvalue weighted by Crippen LogP contribution is -2.53. The van der Waals surface area contributed by atoms with Gasteiger partial charge in [-0.3, -0.25) is 9.59 Å². The van der Waals surface area contributed by atoms with Gasteiger partial charge >= 0.3 is 0 Å². The van der Waals surface area contributed by atoms with Crippen molar-refractivity contribution in [2.75, 3.05) is 40.0 Å². The SMILES string of the molecule is COCC(=O)N1C[C@H]2OC(C)(C)O[C@H]2[C@@H]1C(=O)NC[C@H](COc1cccc(Br)c1)CO[Si](C)(C)C(C)(C)C. The average molecular weight is 616 g/mol. The van der Waals surface area contributed by atoms with E-state index in [9.17, 15) is 9.59 Å². The van der Waals surface area contributed by atoms with E-state index in [0.29, 0.717) is 19.8 Å². The van der Waals surface area contributed by atoms with Crippen LogP contribution in [0.1, 0.15) is 34.6 Å². The molecular weight excluding hydrogens is 572 g/mol. The van der Waals surface area contributed by atoms with Crippen molar-refractivity contribution < 1.29 is 33.0 Å². The lowest BCUT2D eigenvalue weighted by molar-refractivity contribution is -0.171. The highest BCUT2D eigenvalue weighted by Crippen LogP contribution is 2.38. The number of carbonyl (C=O) groups excluding carboxylic acids is 2. The normalized spacial score (nSPS) is 23.7. The summed E-state index contributed by atoms with van der Waals surface area (Å²) < 4.78 is 30.5. The summed E-state index contributed by atoms with van der Waals surface area (Å²) in [5, 5.41) is 3.11. The first-order valence-electron chi connectivity index (χ1n) is 13.1. The molecule has 9 nitrogen and oxygen atoms in total. The minimum absolute atomic E-state index is 0.0552. The molecule has 214 valence electrons. The third kappa shape index (κ3) is 7.79. The van der Waals surface area contributed by atoms with E-state index in [1.165, 1.54) is 12.0 Å². The Morgan fingerprint density at radius 2 is 1.95 bits per heavy atom. The number of carbonyl (C=O) groups is 2. The smallest absolute Gasteiger partial charge is 0.249 e. The van der Waals surface area contributed by atoms with Gasteiger partial charge in [0.25, 0.3) is 0 Å². The van der Waals surface area contributed by atoms with Gasteiger partial charge in [0.15, 0.2) is 14.1 Å². The zero-order chi connectivity index (χ0) is 28.3. The van der Waals surface area contributed by atoms with E-state index in [-0.39, 0.29) is 42.0 Å². The monoisotopic (exact) mass is 614 g/mol. The molecule has 1 aromatic rings. The summed E-state index contributed by atoms with van der Waals surface area (Å²) in [7, 11) is -0.558. The fourth-order valence-electron chi connectivity index (χ4n) is 4.34. The van der Waals surface area contributed by atoms with Gasteiger partial charge in [-0.25, -0.2) is 0 Å². The first-order chi connectivity index (χ1) is 17.6. The van der Waals surface area contributed by atoms with Crippen molar-refractivity contribution in [3.63, 3.8) is 0 Å². The van der Waals surface area contributed by atoms with Crippen LogP contribution in [0.4, 0.5) is 0 Å². The molecule has 2 aliphatic rings. The molecule has 4 atom stereocenters. The summed E-state index contributed by atoms with van der Waals surface area (Å²) in [5.41, 5.74) is 0. The maximum atomic E-state index is 13.5. The van der Waals surface area contributed by atoms with Crippen molar-refractivity contribution in [2.24, 2.45) is 5.92 Å². The van der Waals surface area contributed by atoms with Crippen LogP contribution in [0.2, 0.25) is 18.1 Å². The molecule has 38 heavy (non-hydrogen) atoms. The number of fused-ring (bicyclic) bond motifs is 1. The molecule has 0 spiro atoms. The minimum Gasteiger partial charge on any atom is -0.493 e. The number of hydrogen-bond acceptors (Lipinski definition) is 7. The molecule has 1 aromatic carbocycles. The average Bonchev–Trinajstić information content (AvgIpc) is 3.29. The van der Waals surface area contributed by atoms with Gasteiger partial charge in [0.05, 0.1) is 13.2 Å². The van der Waals surface area contributed by atoms with Crippen molar-refractivity contribution in [1.29, 1.82) is 0 Å². The summed E-state index contributed by atoms with van der Waals surface area (Å²) in [6.07, 6.45) is -0.926. The van der Waals surface area contributed by atoms with Crippen LogP contribution in [-0.4, -0.2) is 89.1 Å². The number of ether oxygens (including phenoxy) is 4. The molecular formula is C27H43BrN2O7Si. The molecule has 3 rings (SSSR count). The Kier molecular flexibility index (Phi) is 10.1. The number of benzene rings is 1. The van der Waals surface area contributed by atoms with Crippen LogP contribution in [0.25, 0.3) is 0 Å². The molecule has 0 saturated carbocycles. The number of rotatable bonds is 11. The second-order valence-electron chi connectivity index (χ2n) is 12.0. The molecule has 0 aromatic heterocycles. The Morgan fingerprint density at radius 3 is 2.58 bits per heavy atom. The summed E-state index contributed by atoms with van der Waals surface area (Å²) in [4.78, 5) is 27.8. The lowest BCUT2D eigenvalue weighted by Gasteiger charge is -2.37. The van der Waals surface area contributed by atoms with Crippen LogP contribution in [0.15, 0.2) is 28.7 Å². The predicted octanol–water partition coefficient (Wildman–Crippen LogP) is 3.96. The fourth-order valence-corrected chi connectivity index (χ4v) is 5.80. The van der Waals surface area contributed by atoms with Crippen molar-refractivity contribution in [1.82, 2.24) is 10.2 Å². The molecule has 1 N–H and O–H groups in total. The number of likely N-dealkylation sites (tertiary alicyclic amines) is 1. The van der Waals surface area contributed by atoms with Crippen LogP contribution >= 0.6 is 15.9 Å². The van der Waals surface area contributed by atoms with Gasteiger partial charge in [-0.1, -0.05) is 42.8 Å². The standard InChI is InChI=1S/C27H43BrN2O7Si/c1-26(2,3)38(7,8)35-16-18(15-34-20-11-9-10-19(28)12-20)13-29-25(32)23-24-21(36-27(4,5)37-24)14-30(23)22(31)17-33-6/h9-12,18,21,23-24H,13-17H2,1-8H3,(H,29,32)/t18-,21-,23-,24-/m1/s1. The molecule has 11 heteroatoms. The van der Waals surface area contributed by atoms with E-state index >= 15 is 0 Å². The molecule has 0 bridgehead atoms. The molecule has 2 aliphatic heterocycles. The zero-order valence-electron chi connectivity index (χ0n) is 23.8. The van der Waals surface area contributed by atoms with E-state index in [0.717, 1.165) is 10.2 Å². The third-order valence-electron chi connectivity index (χ3n) is 7.43. The topological polar surface area (TPSA) is 95.6 Å². The molecule has 0 aliphatic carbocycles. The van der Waals surface area contributed by atoms with Gasteiger partial charge in [0.2, 0.25) is 11.8 Å². The van der Waals surface area contributed by atoms with Crippen LogP contribution in [0, 0.1) is 5.92 Å². The Balaban J connectivity index is 1.71. The summed E-state index contributed by atoms with van der Waals surface area (Å²) in [6, 6.07) is 6.84. The first-order valence-corrected chi connectivity index (χ1v) is 16.8. The zero-order valence-corrected chi connectivity index (χ0v) is 26.4. The molecule has 2 heterocycles. The largest absolute Gasteiger partial charge is 0.493 e. The molecule has 0 radical (unpaired) electrons. The van der Waals surface area contributed by atoms with Crippen LogP contribution < -0.4 is 10.1 Å². The fraction of sp³-hybridized carbons (Fsp3) is 0.704. The molecule has 0 unspecified atom stereocenters. The van der Waals surface area contributed by atoms with Crippen molar-refractivity contribution in [3.05, 3.63) is 28.7 Å². The number of nitrogens with zero attached hydrogens (tertiary/aromatic N) is 1. The summed E-state index contributed by atoms with van der Waals surface area (Å²) >= 11 is 3.47. The van der Waals surface area contributed by atoms with Crippen LogP contribution in [0.5, 0.6) is 5.75 Å². The molecule has 2 fully saturated rings. The van der Waals surface area contributed by atoms with Gasteiger partial charge in [-0.05, 0) is 50.2 Å². The van der Waals surface area contributed by atoms with Crippen molar-refractivity contribution in [3.8, 4) is 5.75 Å². The van der Waals surface area contributed by atoms with Gasteiger partial charge in [-0.15, -0.1) is 0 Å². The van der Waals surface area contributed by atoms with E-state index in [1.54, 1.807) is 0 Å². The second-order valence-corrected chi connectivity index (χ2v) is 17.7. The Hall–Kier alpha value is -1.50. The van der Waals surface area contributed by atoms with Gasteiger partial charge < -0.3 is 33.6 Å².